The Kier molecular flexibility index (Phi) is 6.64. The van der Waals surface area contributed by atoms with Crippen LogP contribution in [0.2, 0.25) is 0 Å². The van der Waals surface area contributed by atoms with Crippen LogP contribution in [-0.2, 0) is 20.7 Å². The van der Waals surface area contributed by atoms with Gasteiger partial charge < -0.3 is 10.1 Å². The van der Waals surface area contributed by atoms with E-state index in [0.717, 1.165) is 12.0 Å². The van der Waals surface area contributed by atoms with Gasteiger partial charge in [0.15, 0.2) is 0 Å². The third-order valence-corrected chi connectivity index (χ3v) is 2.87. The number of hydrogen-bond donors (Lipinski definition) is 1. The largest absolute Gasteiger partial charge is 0.469 e. The van der Waals surface area contributed by atoms with Crippen molar-refractivity contribution in [1.29, 1.82) is 0 Å². The molecule has 4 nitrogen and oxygen atoms in total. The van der Waals surface area contributed by atoms with Gasteiger partial charge in [-0.15, -0.1) is 0 Å². The highest BCUT2D eigenvalue weighted by Crippen LogP contribution is 2.05. The number of hydrogen-bond acceptors (Lipinski definition) is 3. The lowest BCUT2D eigenvalue weighted by atomic mass is 10.1. The third-order valence-electron chi connectivity index (χ3n) is 2.87. The average Bonchev–Trinajstić information content (AvgIpc) is 2.42. The number of benzene rings is 1. The number of carbonyl (C=O) groups excluding carboxylic acids is 2. The SMILES string of the molecule is COC(=O)CCCNC(=O)CCc1ccc(C)cc1. The zero-order valence-electron chi connectivity index (χ0n) is 11.6. The molecule has 0 aliphatic carbocycles. The molecule has 1 aromatic rings. The lowest BCUT2D eigenvalue weighted by Crippen LogP contribution is -2.25. The fraction of sp³-hybridized carbons (Fsp3) is 0.467. The number of ether oxygens (including phenoxy) is 1. The van der Waals surface area contributed by atoms with Crippen molar-refractivity contribution < 1.29 is 14.3 Å². The predicted octanol–water partition coefficient (Wildman–Crippen LogP) is 2.00. The van der Waals surface area contributed by atoms with Crippen LogP contribution in [0.1, 0.15) is 30.4 Å². The highest BCUT2D eigenvalue weighted by molar-refractivity contribution is 5.76. The van der Waals surface area contributed by atoms with E-state index in [1.165, 1.54) is 12.7 Å². The van der Waals surface area contributed by atoms with Crippen molar-refractivity contribution in [1.82, 2.24) is 5.32 Å². The van der Waals surface area contributed by atoms with E-state index in [2.05, 4.69) is 10.1 Å². The second-order valence-electron chi connectivity index (χ2n) is 4.52. The Morgan fingerprint density at radius 2 is 1.84 bits per heavy atom. The van der Waals surface area contributed by atoms with Crippen molar-refractivity contribution in [3.05, 3.63) is 35.4 Å². The molecule has 0 atom stereocenters. The molecule has 0 bridgehead atoms. The minimum Gasteiger partial charge on any atom is -0.469 e. The van der Waals surface area contributed by atoms with Crippen molar-refractivity contribution in [2.24, 2.45) is 0 Å². The molecular formula is C15H21NO3. The summed E-state index contributed by atoms with van der Waals surface area (Å²) in [6.45, 7) is 2.56. The van der Waals surface area contributed by atoms with Gasteiger partial charge in [-0.25, -0.2) is 0 Å². The summed E-state index contributed by atoms with van der Waals surface area (Å²) in [5, 5.41) is 2.80. The lowest BCUT2D eigenvalue weighted by molar-refractivity contribution is -0.140. The fourth-order valence-corrected chi connectivity index (χ4v) is 1.66. The minimum atomic E-state index is -0.242. The van der Waals surface area contributed by atoms with E-state index < -0.39 is 0 Å². The summed E-state index contributed by atoms with van der Waals surface area (Å²) in [5.74, 6) is -0.223. The van der Waals surface area contributed by atoms with E-state index >= 15 is 0 Å². The van der Waals surface area contributed by atoms with Crippen LogP contribution in [0.15, 0.2) is 24.3 Å². The second-order valence-corrected chi connectivity index (χ2v) is 4.52. The Balaban J connectivity index is 2.14. The molecule has 0 heterocycles. The summed E-state index contributed by atoms with van der Waals surface area (Å²) >= 11 is 0. The maximum absolute atomic E-state index is 11.6. The van der Waals surface area contributed by atoms with Crippen LogP contribution in [0.25, 0.3) is 0 Å². The third kappa shape index (κ3) is 6.60. The van der Waals surface area contributed by atoms with E-state index in [4.69, 9.17) is 0 Å². The van der Waals surface area contributed by atoms with Gasteiger partial charge in [0, 0.05) is 19.4 Å². The van der Waals surface area contributed by atoms with Gasteiger partial charge in [0.1, 0.15) is 0 Å². The molecule has 1 aromatic carbocycles. The summed E-state index contributed by atoms with van der Waals surface area (Å²) in [7, 11) is 1.36. The molecular weight excluding hydrogens is 242 g/mol. The first-order valence-electron chi connectivity index (χ1n) is 6.51. The van der Waals surface area contributed by atoms with Crippen LogP contribution < -0.4 is 5.32 Å². The molecule has 104 valence electrons. The Bertz CT molecular complexity index is 412. The van der Waals surface area contributed by atoms with Crippen LogP contribution in [0.4, 0.5) is 0 Å². The average molecular weight is 263 g/mol. The highest BCUT2D eigenvalue weighted by Gasteiger charge is 2.03. The van der Waals surface area contributed by atoms with Crippen molar-refractivity contribution in [3.63, 3.8) is 0 Å². The van der Waals surface area contributed by atoms with Gasteiger partial charge in [0.25, 0.3) is 0 Å². The van der Waals surface area contributed by atoms with Crippen molar-refractivity contribution in [2.75, 3.05) is 13.7 Å². The number of esters is 1. The number of nitrogens with one attached hydrogen (secondary N) is 1. The quantitative estimate of drug-likeness (QED) is 0.604. The van der Waals surface area contributed by atoms with Crippen LogP contribution in [0.5, 0.6) is 0 Å². The van der Waals surface area contributed by atoms with E-state index in [1.807, 2.05) is 31.2 Å². The summed E-state index contributed by atoms with van der Waals surface area (Å²) in [5.41, 5.74) is 2.38. The normalized spacial score (nSPS) is 10.0. The zero-order chi connectivity index (χ0) is 14.1. The maximum atomic E-state index is 11.6. The van der Waals surface area contributed by atoms with Gasteiger partial charge in [0.2, 0.25) is 5.91 Å². The second kappa shape index (κ2) is 8.29. The summed E-state index contributed by atoms with van der Waals surface area (Å²) < 4.78 is 4.52. The lowest BCUT2D eigenvalue weighted by Gasteiger charge is -2.05. The van der Waals surface area contributed by atoms with Crippen molar-refractivity contribution in [3.8, 4) is 0 Å². The van der Waals surface area contributed by atoms with Crippen molar-refractivity contribution >= 4 is 11.9 Å². The number of methoxy groups -OCH3 is 1. The van der Waals surface area contributed by atoms with E-state index in [1.54, 1.807) is 0 Å². The summed E-state index contributed by atoms with van der Waals surface area (Å²) in [6, 6.07) is 8.17. The van der Waals surface area contributed by atoms with Crippen molar-refractivity contribution in [2.45, 2.75) is 32.6 Å². The molecule has 0 saturated heterocycles. The molecule has 0 fully saturated rings. The van der Waals surface area contributed by atoms with E-state index in [-0.39, 0.29) is 11.9 Å². The highest BCUT2D eigenvalue weighted by atomic mass is 16.5. The molecule has 0 aromatic heterocycles. The monoisotopic (exact) mass is 263 g/mol. The smallest absolute Gasteiger partial charge is 0.305 e. The Hall–Kier alpha value is -1.84. The fourth-order valence-electron chi connectivity index (χ4n) is 1.66. The van der Waals surface area contributed by atoms with Gasteiger partial charge in [-0.05, 0) is 25.3 Å². The number of aryl methyl sites for hydroxylation is 2. The molecule has 0 unspecified atom stereocenters. The van der Waals surface area contributed by atoms with Gasteiger partial charge in [0.05, 0.1) is 7.11 Å². The molecule has 0 aliphatic heterocycles. The topological polar surface area (TPSA) is 55.4 Å². The molecule has 0 saturated carbocycles. The first kappa shape index (κ1) is 15.2. The Morgan fingerprint density at radius 1 is 1.16 bits per heavy atom. The zero-order valence-corrected chi connectivity index (χ0v) is 11.6. The van der Waals surface area contributed by atoms with Crippen LogP contribution in [0, 0.1) is 6.92 Å². The van der Waals surface area contributed by atoms with Gasteiger partial charge in [-0.1, -0.05) is 29.8 Å². The van der Waals surface area contributed by atoms with Gasteiger partial charge >= 0.3 is 5.97 Å². The van der Waals surface area contributed by atoms with Crippen LogP contribution in [0.3, 0.4) is 0 Å². The van der Waals surface area contributed by atoms with Gasteiger partial charge in [-0.2, -0.15) is 0 Å². The number of amides is 1. The van der Waals surface area contributed by atoms with Crippen LogP contribution in [-0.4, -0.2) is 25.5 Å². The Labute approximate surface area is 114 Å². The number of carbonyl (C=O) groups is 2. The van der Waals surface area contributed by atoms with E-state index in [9.17, 15) is 9.59 Å². The summed E-state index contributed by atoms with van der Waals surface area (Å²) in [6.07, 6.45) is 2.17. The Morgan fingerprint density at radius 3 is 2.47 bits per heavy atom. The molecule has 1 amide bonds. The first-order chi connectivity index (χ1) is 9.11. The molecule has 0 spiro atoms. The molecule has 4 heteroatoms. The number of rotatable bonds is 7. The minimum absolute atomic E-state index is 0.0189. The molecule has 1 N–H and O–H groups in total. The molecule has 19 heavy (non-hydrogen) atoms. The predicted molar refractivity (Wildman–Crippen MR) is 73.8 cm³/mol. The van der Waals surface area contributed by atoms with E-state index in [0.29, 0.717) is 25.8 Å². The standard InChI is InChI=1S/C15H21NO3/c1-12-5-7-13(8-6-12)9-10-14(17)16-11-3-4-15(18)19-2/h5-8H,3-4,9-11H2,1-2H3,(H,16,17). The summed E-state index contributed by atoms with van der Waals surface area (Å²) in [4.78, 5) is 22.4. The molecule has 0 radical (unpaired) electrons. The van der Waals surface area contributed by atoms with Gasteiger partial charge in [-0.3, -0.25) is 9.59 Å². The maximum Gasteiger partial charge on any atom is 0.305 e. The molecule has 0 aliphatic rings. The molecule has 1 rings (SSSR count). The first-order valence-corrected chi connectivity index (χ1v) is 6.51. The van der Waals surface area contributed by atoms with Crippen LogP contribution >= 0.6 is 0 Å².